The average molecular weight is 423 g/mol. The second-order valence-corrected chi connectivity index (χ2v) is 8.98. The van der Waals surface area contributed by atoms with Crippen LogP contribution in [0.1, 0.15) is 24.0 Å². The van der Waals surface area contributed by atoms with Gasteiger partial charge in [-0.15, -0.1) is 0 Å². The van der Waals surface area contributed by atoms with Gasteiger partial charge >= 0.3 is 0 Å². The second kappa shape index (κ2) is 8.51. The molecule has 1 aliphatic heterocycles. The number of nitrogens with zero attached hydrogens (tertiary/aromatic N) is 1. The van der Waals surface area contributed by atoms with Crippen molar-refractivity contribution in [1.29, 1.82) is 0 Å². The molecule has 1 saturated heterocycles. The molecule has 0 spiro atoms. The Morgan fingerprint density at radius 3 is 2.75 bits per heavy atom. The van der Waals surface area contributed by atoms with Crippen molar-refractivity contribution >= 4 is 27.5 Å². The van der Waals surface area contributed by atoms with Gasteiger partial charge < -0.3 is 10.1 Å². The number of carbonyl (C=O) groups excluding carboxylic acids is 1. The molecule has 0 saturated carbocycles. The zero-order valence-corrected chi connectivity index (χ0v) is 17.4. The highest BCUT2D eigenvalue weighted by molar-refractivity contribution is 7.89. The summed E-state index contributed by atoms with van der Waals surface area (Å²) >= 11 is 6.13. The summed E-state index contributed by atoms with van der Waals surface area (Å²) < 4.78 is 32.9. The molecule has 150 valence electrons. The fourth-order valence-electron chi connectivity index (χ4n) is 3.34. The molecule has 28 heavy (non-hydrogen) atoms. The lowest BCUT2D eigenvalue weighted by Gasteiger charge is -2.24. The summed E-state index contributed by atoms with van der Waals surface area (Å²) in [6, 6.07) is 11.4. The fraction of sp³-hybridized carbons (Fsp3) is 0.350. The number of hydrogen-bond acceptors (Lipinski definition) is 4. The van der Waals surface area contributed by atoms with Crippen LogP contribution < -0.4 is 10.1 Å². The minimum absolute atomic E-state index is 0.164. The normalized spacial score (nSPS) is 17.5. The van der Waals surface area contributed by atoms with Gasteiger partial charge in [-0.05, 0) is 43.0 Å². The highest BCUT2D eigenvalue weighted by Crippen LogP contribution is 2.30. The Morgan fingerprint density at radius 1 is 1.29 bits per heavy atom. The number of methoxy groups -OCH3 is 1. The first-order valence-corrected chi connectivity index (χ1v) is 10.8. The van der Waals surface area contributed by atoms with E-state index in [-0.39, 0.29) is 17.3 Å². The lowest BCUT2D eigenvalue weighted by Crippen LogP contribution is -2.45. The molecule has 1 unspecified atom stereocenters. The molecule has 1 amide bonds. The van der Waals surface area contributed by atoms with Gasteiger partial charge in [0.2, 0.25) is 15.9 Å². The number of benzene rings is 2. The minimum Gasteiger partial charge on any atom is -0.497 e. The number of sulfonamides is 1. The van der Waals surface area contributed by atoms with E-state index >= 15 is 0 Å². The Hall–Kier alpha value is -2.09. The van der Waals surface area contributed by atoms with Crippen LogP contribution in [-0.2, 0) is 21.4 Å². The third kappa shape index (κ3) is 4.16. The molecule has 3 rings (SSSR count). The number of hydrogen-bond donors (Lipinski definition) is 1. The highest BCUT2D eigenvalue weighted by Gasteiger charge is 2.40. The summed E-state index contributed by atoms with van der Waals surface area (Å²) in [5, 5.41) is 3.38. The Balaban J connectivity index is 1.80. The summed E-state index contributed by atoms with van der Waals surface area (Å²) in [5.74, 6) is 0.143. The zero-order chi connectivity index (χ0) is 20.3. The predicted molar refractivity (Wildman–Crippen MR) is 108 cm³/mol. The van der Waals surface area contributed by atoms with E-state index in [0.29, 0.717) is 35.7 Å². The van der Waals surface area contributed by atoms with E-state index in [0.717, 1.165) is 5.56 Å². The van der Waals surface area contributed by atoms with Gasteiger partial charge in [0.1, 0.15) is 11.8 Å². The number of nitrogens with one attached hydrogen (secondary N) is 1. The topological polar surface area (TPSA) is 75.7 Å². The quantitative estimate of drug-likeness (QED) is 0.776. The van der Waals surface area contributed by atoms with Crippen LogP contribution in [0.4, 0.5) is 0 Å². The van der Waals surface area contributed by atoms with Crippen molar-refractivity contribution in [2.75, 3.05) is 13.7 Å². The molecule has 1 aliphatic rings. The van der Waals surface area contributed by atoms with Crippen LogP contribution in [0.3, 0.4) is 0 Å². The molecule has 0 radical (unpaired) electrons. The zero-order valence-electron chi connectivity index (χ0n) is 15.8. The first kappa shape index (κ1) is 20.6. The van der Waals surface area contributed by atoms with Crippen LogP contribution in [-0.4, -0.2) is 38.3 Å². The van der Waals surface area contributed by atoms with Crippen molar-refractivity contribution in [3.05, 3.63) is 58.6 Å². The Kier molecular flexibility index (Phi) is 6.27. The lowest BCUT2D eigenvalue weighted by atomic mass is 10.2. The maximum absolute atomic E-state index is 13.2. The number of rotatable bonds is 6. The molecule has 1 N–H and O–H groups in total. The maximum atomic E-state index is 13.2. The van der Waals surface area contributed by atoms with Crippen molar-refractivity contribution in [2.45, 2.75) is 37.2 Å². The molecule has 0 bridgehead atoms. The number of carbonyl (C=O) groups is 1. The fourth-order valence-corrected chi connectivity index (χ4v) is 5.44. The smallest absolute Gasteiger partial charge is 0.244 e. The van der Waals surface area contributed by atoms with E-state index in [2.05, 4.69) is 5.32 Å². The summed E-state index contributed by atoms with van der Waals surface area (Å²) in [7, 11) is -2.33. The van der Waals surface area contributed by atoms with Gasteiger partial charge in [-0.3, -0.25) is 4.79 Å². The number of halogens is 1. The molecular weight excluding hydrogens is 400 g/mol. The summed E-state index contributed by atoms with van der Waals surface area (Å²) in [6.07, 6.45) is 1.11. The molecule has 1 fully saturated rings. The van der Waals surface area contributed by atoms with E-state index in [1.807, 2.05) is 18.2 Å². The van der Waals surface area contributed by atoms with Gasteiger partial charge in [0.25, 0.3) is 0 Å². The summed E-state index contributed by atoms with van der Waals surface area (Å²) in [5.41, 5.74) is 1.40. The number of amides is 1. The van der Waals surface area contributed by atoms with Crippen molar-refractivity contribution in [1.82, 2.24) is 9.62 Å². The first-order chi connectivity index (χ1) is 13.3. The molecule has 1 atom stereocenters. The second-order valence-electron chi connectivity index (χ2n) is 6.71. The lowest BCUT2D eigenvalue weighted by molar-refractivity contribution is -0.124. The van der Waals surface area contributed by atoms with Crippen molar-refractivity contribution in [3.8, 4) is 5.75 Å². The molecule has 2 aromatic carbocycles. The summed E-state index contributed by atoms with van der Waals surface area (Å²) in [4.78, 5) is 12.9. The third-order valence-corrected chi connectivity index (χ3v) is 7.32. The molecule has 2 aromatic rings. The molecular formula is C20H23ClN2O4S. The Morgan fingerprint density at radius 2 is 2.04 bits per heavy atom. The van der Waals surface area contributed by atoms with E-state index in [1.54, 1.807) is 25.1 Å². The van der Waals surface area contributed by atoms with Crippen molar-refractivity contribution in [2.24, 2.45) is 0 Å². The van der Waals surface area contributed by atoms with Gasteiger partial charge in [0.05, 0.1) is 12.0 Å². The summed E-state index contributed by atoms with van der Waals surface area (Å²) in [6.45, 7) is 2.29. The minimum atomic E-state index is -3.82. The van der Waals surface area contributed by atoms with Gasteiger partial charge in [-0.1, -0.05) is 35.9 Å². The van der Waals surface area contributed by atoms with Crippen LogP contribution in [0.25, 0.3) is 0 Å². The van der Waals surface area contributed by atoms with Gasteiger partial charge in [0, 0.05) is 24.2 Å². The van der Waals surface area contributed by atoms with E-state index in [9.17, 15) is 13.2 Å². The predicted octanol–water partition coefficient (Wildman–Crippen LogP) is 3.13. The van der Waals surface area contributed by atoms with Gasteiger partial charge in [0.15, 0.2) is 0 Å². The number of ether oxygens (including phenoxy) is 1. The number of aryl methyl sites for hydroxylation is 1. The highest BCUT2D eigenvalue weighted by atomic mass is 35.5. The van der Waals surface area contributed by atoms with Crippen LogP contribution >= 0.6 is 11.6 Å². The molecule has 1 heterocycles. The molecule has 6 nitrogen and oxygen atoms in total. The van der Waals surface area contributed by atoms with Crippen LogP contribution in [0, 0.1) is 6.92 Å². The van der Waals surface area contributed by atoms with E-state index in [4.69, 9.17) is 16.3 Å². The van der Waals surface area contributed by atoms with Gasteiger partial charge in [-0.2, -0.15) is 4.31 Å². The monoisotopic (exact) mass is 422 g/mol. The van der Waals surface area contributed by atoms with Crippen molar-refractivity contribution < 1.29 is 17.9 Å². The molecule has 0 aromatic heterocycles. The SMILES string of the molecule is COc1ccc(C)c(S(=O)(=O)N2CCCC2C(=O)NCc2ccccc2Cl)c1. The van der Waals surface area contributed by atoms with Crippen LogP contribution in [0.5, 0.6) is 5.75 Å². The molecule has 0 aliphatic carbocycles. The molecule has 8 heteroatoms. The largest absolute Gasteiger partial charge is 0.497 e. The Labute approximate surface area is 170 Å². The first-order valence-electron chi connectivity index (χ1n) is 9.02. The maximum Gasteiger partial charge on any atom is 0.244 e. The van der Waals surface area contributed by atoms with E-state index in [1.165, 1.54) is 17.5 Å². The average Bonchev–Trinajstić information content (AvgIpc) is 3.18. The Bertz CT molecular complexity index is 978. The van der Waals surface area contributed by atoms with Crippen LogP contribution in [0.2, 0.25) is 5.02 Å². The standard InChI is InChI=1S/C20H23ClN2O4S/c1-14-9-10-16(27-2)12-19(14)28(25,26)23-11-5-8-18(23)20(24)22-13-15-6-3-4-7-17(15)21/h3-4,6-7,9-10,12,18H,5,8,11,13H2,1-2H3,(H,22,24). The third-order valence-electron chi connectivity index (χ3n) is 4.90. The van der Waals surface area contributed by atoms with Gasteiger partial charge in [-0.25, -0.2) is 8.42 Å². The van der Waals surface area contributed by atoms with E-state index < -0.39 is 16.1 Å². The van der Waals surface area contributed by atoms with Crippen LogP contribution in [0.15, 0.2) is 47.4 Å². The van der Waals surface area contributed by atoms with Crippen molar-refractivity contribution in [3.63, 3.8) is 0 Å².